The van der Waals surface area contributed by atoms with Crippen LogP contribution in [0.25, 0.3) is 0 Å². The lowest BCUT2D eigenvalue weighted by molar-refractivity contribution is -0.137. The lowest BCUT2D eigenvalue weighted by Crippen LogP contribution is -2.23. The first-order valence-corrected chi connectivity index (χ1v) is 6.04. The van der Waals surface area contributed by atoms with Crippen LogP contribution in [0.2, 0.25) is 0 Å². The molecule has 0 unspecified atom stereocenters. The van der Waals surface area contributed by atoms with Crippen molar-refractivity contribution in [3.63, 3.8) is 0 Å². The van der Waals surface area contributed by atoms with Crippen molar-refractivity contribution < 1.29 is 9.90 Å². The number of aryl methyl sites for hydroxylation is 1. The van der Waals surface area contributed by atoms with Crippen molar-refractivity contribution in [3.05, 3.63) is 35.4 Å². The van der Waals surface area contributed by atoms with Gasteiger partial charge in [0.1, 0.15) is 0 Å². The Morgan fingerprint density at radius 3 is 2.47 bits per heavy atom. The van der Waals surface area contributed by atoms with Crippen LogP contribution >= 0.6 is 0 Å². The molecule has 0 aliphatic heterocycles. The van der Waals surface area contributed by atoms with Gasteiger partial charge in [-0.25, -0.2) is 0 Å². The van der Waals surface area contributed by atoms with Crippen LogP contribution in [-0.4, -0.2) is 36.1 Å². The molecule has 0 atom stereocenters. The Labute approximate surface area is 103 Å². The molecule has 1 aromatic carbocycles. The minimum Gasteiger partial charge on any atom is -0.481 e. The Kier molecular flexibility index (Phi) is 5.70. The molecule has 0 saturated carbocycles. The number of rotatable bonds is 7. The van der Waals surface area contributed by atoms with Gasteiger partial charge >= 0.3 is 5.97 Å². The van der Waals surface area contributed by atoms with Crippen LogP contribution in [0, 0.1) is 6.92 Å². The molecule has 0 aliphatic rings. The number of carboxylic acid groups (broad SMARTS) is 1. The summed E-state index contributed by atoms with van der Waals surface area (Å²) in [6, 6.07) is 8.56. The van der Waals surface area contributed by atoms with Crippen molar-refractivity contribution >= 4 is 5.97 Å². The van der Waals surface area contributed by atoms with E-state index in [1.807, 2.05) is 7.05 Å². The Morgan fingerprint density at radius 2 is 1.88 bits per heavy atom. The van der Waals surface area contributed by atoms with Crippen LogP contribution in [0.3, 0.4) is 0 Å². The standard InChI is InChI=1S/C14H21NO2/c1-12-5-7-13(8-6-12)9-11-15(2)10-3-4-14(16)17/h5-8H,3-4,9-11H2,1-2H3,(H,16,17). The molecule has 0 heterocycles. The van der Waals surface area contributed by atoms with Gasteiger partial charge in [0.15, 0.2) is 0 Å². The summed E-state index contributed by atoms with van der Waals surface area (Å²) >= 11 is 0. The molecular formula is C14H21NO2. The molecule has 3 heteroatoms. The number of carboxylic acids is 1. The van der Waals surface area contributed by atoms with Gasteiger partial charge in [-0.15, -0.1) is 0 Å². The molecular weight excluding hydrogens is 214 g/mol. The number of hydrogen-bond donors (Lipinski definition) is 1. The Hall–Kier alpha value is -1.35. The highest BCUT2D eigenvalue weighted by Gasteiger charge is 2.01. The topological polar surface area (TPSA) is 40.5 Å². The fourth-order valence-corrected chi connectivity index (χ4v) is 1.69. The van der Waals surface area contributed by atoms with Gasteiger partial charge in [0.25, 0.3) is 0 Å². The zero-order valence-corrected chi connectivity index (χ0v) is 10.6. The van der Waals surface area contributed by atoms with Crippen molar-refractivity contribution in [3.8, 4) is 0 Å². The predicted octanol–water partition coefficient (Wildman–Crippen LogP) is 2.33. The minimum atomic E-state index is -0.711. The van der Waals surface area contributed by atoms with Crippen LogP contribution in [-0.2, 0) is 11.2 Å². The Bertz CT molecular complexity index is 346. The maximum atomic E-state index is 10.4. The van der Waals surface area contributed by atoms with Crippen molar-refractivity contribution in [1.82, 2.24) is 4.90 Å². The number of benzene rings is 1. The molecule has 1 rings (SSSR count). The number of carbonyl (C=O) groups is 1. The second-order valence-corrected chi connectivity index (χ2v) is 4.54. The molecule has 0 radical (unpaired) electrons. The molecule has 0 aliphatic carbocycles. The number of hydrogen-bond acceptors (Lipinski definition) is 2. The van der Waals surface area contributed by atoms with Gasteiger partial charge in [-0.1, -0.05) is 29.8 Å². The minimum absolute atomic E-state index is 0.259. The predicted molar refractivity (Wildman–Crippen MR) is 69.2 cm³/mol. The monoisotopic (exact) mass is 235 g/mol. The molecule has 17 heavy (non-hydrogen) atoms. The van der Waals surface area contributed by atoms with Crippen LogP contribution in [0.1, 0.15) is 24.0 Å². The van der Waals surface area contributed by atoms with Crippen LogP contribution < -0.4 is 0 Å². The quantitative estimate of drug-likeness (QED) is 0.788. The summed E-state index contributed by atoms with van der Waals surface area (Å²) in [5.41, 5.74) is 2.62. The van der Waals surface area contributed by atoms with Crippen molar-refractivity contribution in [2.45, 2.75) is 26.2 Å². The van der Waals surface area contributed by atoms with Gasteiger partial charge in [-0.05, 0) is 38.9 Å². The number of likely N-dealkylation sites (N-methyl/N-ethyl adjacent to an activating group) is 1. The van der Waals surface area contributed by atoms with E-state index in [1.54, 1.807) is 0 Å². The van der Waals surface area contributed by atoms with Gasteiger partial charge in [-0.2, -0.15) is 0 Å². The normalized spacial score (nSPS) is 10.8. The first kappa shape index (κ1) is 13.7. The third-order valence-corrected chi connectivity index (χ3v) is 2.83. The second kappa shape index (κ2) is 7.07. The second-order valence-electron chi connectivity index (χ2n) is 4.54. The zero-order chi connectivity index (χ0) is 12.7. The van der Waals surface area contributed by atoms with E-state index >= 15 is 0 Å². The van der Waals surface area contributed by atoms with E-state index in [0.717, 1.165) is 25.9 Å². The Balaban J connectivity index is 2.21. The summed E-state index contributed by atoms with van der Waals surface area (Å²) in [5.74, 6) is -0.711. The van der Waals surface area contributed by atoms with Crippen LogP contribution in [0.15, 0.2) is 24.3 Å². The molecule has 1 N–H and O–H groups in total. The summed E-state index contributed by atoms with van der Waals surface area (Å²) in [5, 5.41) is 8.54. The highest BCUT2D eigenvalue weighted by Crippen LogP contribution is 2.04. The van der Waals surface area contributed by atoms with E-state index in [1.165, 1.54) is 11.1 Å². The van der Waals surface area contributed by atoms with E-state index in [2.05, 4.69) is 36.1 Å². The van der Waals surface area contributed by atoms with Crippen LogP contribution in [0.4, 0.5) is 0 Å². The molecule has 3 nitrogen and oxygen atoms in total. The van der Waals surface area contributed by atoms with E-state index in [4.69, 9.17) is 5.11 Å². The molecule has 94 valence electrons. The lowest BCUT2D eigenvalue weighted by Gasteiger charge is -2.15. The van der Waals surface area contributed by atoms with Crippen LogP contribution in [0.5, 0.6) is 0 Å². The first-order chi connectivity index (χ1) is 8.08. The Morgan fingerprint density at radius 1 is 1.24 bits per heavy atom. The maximum absolute atomic E-state index is 10.4. The summed E-state index contributed by atoms with van der Waals surface area (Å²) in [4.78, 5) is 12.6. The summed E-state index contributed by atoms with van der Waals surface area (Å²) in [7, 11) is 2.04. The largest absolute Gasteiger partial charge is 0.481 e. The first-order valence-electron chi connectivity index (χ1n) is 6.04. The fraction of sp³-hybridized carbons (Fsp3) is 0.500. The highest BCUT2D eigenvalue weighted by molar-refractivity contribution is 5.66. The molecule has 0 fully saturated rings. The van der Waals surface area contributed by atoms with Gasteiger partial charge in [0, 0.05) is 13.0 Å². The average molecular weight is 235 g/mol. The SMILES string of the molecule is Cc1ccc(CCN(C)CCCC(=O)O)cc1. The maximum Gasteiger partial charge on any atom is 0.303 e. The van der Waals surface area contributed by atoms with Crippen molar-refractivity contribution in [1.29, 1.82) is 0 Å². The number of nitrogens with zero attached hydrogens (tertiary/aromatic N) is 1. The van der Waals surface area contributed by atoms with Crippen molar-refractivity contribution in [2.24, 2.45) is 0 Å². The highest BCUT2D eigenvalue weighted by atomic mass is 16.4. The summed E-state index contributed by atoms with van der Waals surface area (Å²) < 4.78 is 0. The smallest absolute Gasteiger partial charge is 0.303 e. The van der Waals surface area contributed by atoms with E-state index in [0.29, 0.717) is 0 Å². The molecule has 0 aromatic heterocycles. The fourth-order valence-electron chi connectivity index (χ4n) is 1.69. The zero-order valence-electron chi connectivity index (χ0n) is 10.6. The molecule has 0 saturated heterocycles. The molecule has 0 spiro atoms. The van der Waals surface area contributed by atoms with Crippen molar-refractivity contribution in [2.75, 3.05) is 20.1 Å². The number of aliphatic carboxylic acids is 1. The molecule has 0 bridgehead atoms. The van der Waals surface area contributed by atoms with E-state index in [-0.39, 0.29) is 6.42 Å². The van der Waals surface area contributed by atoms with Gasteiger partial charge in [-0.3, -0.25) is 4.79 Å². The van der Waals surface area contributed by atoms with E-state index in [9.17, 15) is 4.79 Å². The average Bonchev–Trinajstić information content (AvgIpc) is 2.28. The molecule has 0 amide bonds. The lowest BCUT2D eigenvalue weighted by atomic mass is 10.1. The third-order valence-electron chi connectivity index (χ3n) is 2.83. The molecule has 1 aromatic rings. The van der Waals surface area contributed by atoms with Gasteiger partial charge in [0.2, 0.25) is 0 Å². The van der Waals surface area contributed by atoms with Gasteiger partial charge < -0.3 is 10.0 Å². The summed E-state index contributed by atoms with van der Waals surface area (Å²) in [6.07, 6.45) is 2.00. The van der Waals surface area contributed by atoms with Gasteiger partial charge in [0.05, 0.1) is 0 Å². The summed E-state index contributed by atoms with van der Waals surface area (Å²) in [6.45, 7) is 3.91. The third kappa shape index (κ3) is 6.07. The van der Waals surface area contributed by atoms with E-state index < -0.39 is 5.97 Å².